The Labute approximate surface area is 105 Å². The zero-order valence-corrected chi connectivity index (χ0v) is 10.2. The fourth-order valence-electron chi connectivity index (χ4n) is 1.84. The lowest BCUT2D eigenvalue weighted by molar-refractivity contribution is 0.173. The number of nitrogens with zero attached hydrogens (tertiary/aromatic N) is 1. The van der Waals surface area contributed by atoms with E-state index in [1.165, 1.54) is 0 Å². The minimum atomic E-state index is 0.110. The van der Waals surface area contributed by atoms with E-state index >= 15 is 0 Å². The Kier molecular flexibility index (Phi) is 3.88. The van der Waals surface area contributed by atoms with Crippen molar-refractivity contribution in [2.24, 2.45) is 10.9 Å². The summed E-state index contributed by atoms with van der Waals surface area (Å²) in [5, 5.41) is 14.7. The number of fused-ring (bicyclic) bond motifs is 1. The highest BCUT2D eigenvalue weighted by Gasteiger charge is 2.17. The molecule has 98 valence electrons. The number of oxime groups is 1. The van der Waals surface area contributed by atoms with Crippen LogP contribution in [0.2, 0.25) is 0 Å². The molecule has 0 spiro atoms. The number of rotatable bonds is 5. The van der Waals surface area contributed by atoms with Gasteiger partial charge in [0.15, 0.2) is 11.5 Å². The molecule has 4 N–H and O–H groups in total. The number of hydrogen-bond acceptors (Lipinski definition) is 5. The van der Waals surface area contributed by atoms with Crippen LogP contribution in [-0.2, 0) is 6.54 Å². The first-order valence-electron chi connectivity index (χ1n) is 5.78. The van der Waals surface area contributed by atoms with Crippen LogP contribution in [0, 0.1) is 0 Å². The molecule has 2 rings (SSSR count). The summed E-state index contributed by atoms with van der Waals surface area (Å²) in [6.45, 7) is 2.89. The molecule has 6 nitrogen and oxygen atoms in total. The molecule has 1 aromatic rings. The van der Waals surface area contributed by atoms with Crippen LogP contribution in [0.15, 0.2) is 23.4 Å². The van der Waals surface area contributed by atoms with Crippen molar-refractivity contribution in [1.29, 1.82) is 0 Å². The molecule has 1 heterocycles. The molecular weight excluding hydrogens is 234 g/mol. The molecule has 1 aliphatic rings. The van der Waals surface area contributed by atoms with Crippen LogP contribution in [0.25, 0.3) is 0 Å². The molecular formula is C12H17N3O3. The van der Waals surface area contributed by atoms with Crippen molar-refractivity contribution in [3.8, 4) is 11.5 Å². The van der Waals surface area contributed by atoms with Crippen LogP contribution in [-0.4, -0.2) is 23.9 Å². The first-order chi connectivity index (χ1) is 8.70. The van der Waals surface area contributed by atoms with Crippen LogP contribution in [0.1, 0.15) is 18.9 Å². The van der Waals surface area contributed by atoms with Gasteiger partial charge in [-0.1, -0.05) is 17.3 Å². The number of benzene rings is 1. The second kappa shape index (κ2) is 5.59. The maximum absolute atomic E-state index is 8.49. The van der Waals surface area contributed by atoms with E-state index in [9.17, 15) is 0 Å². The molecule has 0 bridgehead atoms. The fourth-order valence-corrected chi connectivity index (χ4v) is 1.84. The average molecular weight is 251 g/mol. The molecule has 0 amide bonds. The third-order valence-corrected chi connectivity index (χ3v) is 2.76. The Balaban J connectivity index is 1.93. The summed E-state index contributed by atoms with van der Waals surface area (Å²) in [7, 11) is 0. The molecule has 0 radical (unpaired) electrons. The number of nitrogens with one attached hydrogen (secondary N) is 1. The summed E-state index contributed by atoms with van der Waals surface area (Å²) < 4.78 is 10.7. The highest BCUT2D eigenvalue weighted by atomic mass is 16.7. The van der Waals surface area contributed by atoms with E-state index in [4.69, 9.17) is 20.4 Å². The van der Waals surface area contributed by atoms with Gasteiger partial charge in [0.1, 0.15) is 5.84 Å². The van der Waals surface area contributed by atoms with E-state index in [1.807, 2.05) is 25.1 Å². The van der Waals surface area contributed by atoms with Gasteiger partial charge in [-0.25, -0.2) is 0 Å². The second-order valence-electron chi connectivity index (χ2n) is 4.23. The third kappa shape index (κ3) is 2.84. The lowest BCUT2D eigenvalue weighted by Crippen LogP contribution is -2.30. The summed E-state index contributed by atoms with van der Waals surface area (Å²) in [4.78, 5) is 0. The Bertz CT molecular complexity index is 448. The normalized spacial score (nSPS) is 15.7. The predicted molar refractivity (Wildman–Crippen MR) is 66.9 cm³/mol. The highest BCUT2D eigenvalue weighted by molar-refractivity contribution is 5.80. The largest absolute Gasteiger partial charge is 0.454 e. The number of nitrogens with two attached hydrogens (primary N) is 1. The molecule has 0 fully saturated rings. The second-order valence-corrected chi connectivity index (χ2v) is 4.23. The summed E-state index contributed by atoms with van der Waals surface area (Å²) >= 11 is 0. The first-order valence-corrected chi connectivity index (χ1v) is 5.78. The van der Waals surface area contributed by atoms with Crippen molar-refractivity contribution in [2.75, 3.05) is 6.79 Å². The summed E-state index contributed by atoms with van der Waals surface area (Å²) in [6.07, 6.45) is 0.489. The minimum Gasteiger partial charge on any atom is -0.454 e. The van der Waals surface area contributed by atoms with Gasteiger partial charge in [-0.2, -0.15) is 0 Å². The smallest absolute Gasteiger partial charge is 0.231 e. The van der Waals surface area contributed by atoms with Gasteiger partial charge in [0.25, 0.3) is 0 Å². The number of hydrogen-bond donors (Lipinski definition) is 3. The van der Waals surface area contributed by atoms with Crippen LogP contribution in [0.4, 0.5) is 0 Å². The van der Waals surface area contributed by atoms with Crippen LogP contribution < -0.4 is 20.5 Å². The molecule has 1 unspecified atom stereocenters. The van der Waals surface area contributed by atoms with Gasteiger partial charge in [0.2, 0.25) is 6.79 Å². The number of para-hydroxylation sites is 1. The Morgan fingerprint density at radius 2 is 2.39 bits per heavy atom. The van der Waals surface area contributed by atoms with Gasteiger partial charge in [-0.05, 0) is 13.0 Å². The molecule has 6 heteroatoms. The van der Waals surface area contributed by atoms with Crippen molar-refractivity contribution in [3.63, 3.8) is 0 Å². The Morgan fingerprint density at radius 1 is 1.56 bits per heavy atom. The molecule has 0 saturated carbocycles. The summed E-state index contributed by atoms with van der Waals surface area (Å²) in [5.74, 6) is 1.78. The van der Waals surface area contributed by atoms with Gasteiger partial charge < -0.3 is 25.7 Å². The molecule has 18 heavy (non-hydrogen) atoms. The Morgan fingerprint density at radius 3 is 3.17 bits per heavy atom. The Hall–Kier alpha value is -1.95. The van der Waals surface area contributed by atoms with Crippen molar-refractivity contribution in [1.82, 2.24) is 5.32 Å². The van der Waals surface area contributed by atoms with E-state index < -0.39 is 0 Å². The summed E-state index contributed by atoms with van der Waals surface area (Å²) in [5.41, 5.74) is 6.49. The molecule has 0 aromatic heterocycles. The van der Waals surface area contributed by atoms with Gasteiger partial charge in [-0.15, -0.1) is 0 Å². The van der Waals surface area contributed by atoms with E-state index in [0.29, 0.717) is 13.0 Å². The SMILES string of the molecule is CC(CC(N)=NO)NCc1cccc2c1OCO2. The van der Waals surface area contributed by atoms with Crippen molar-refractivity contribution < 1.29 is 14.7 Å². The zero-order chi connectivity index (χ0) is 13.0. The van der Waals surface area contributed by atoms with E-state index in [-0.39, 0.29) is 18.7 Å². The van der Waals surface area contributed by atoms with Gasteiger partial charge in [0, 0.05) is 24.6 Å². The van der Waals surface area contributed by atoms with Crippen molar-refractivity contribution >= 4 is 5.84 Å². The van der Waals surface area contributed by atoms with E-state index in [1.54, 1.807) is 0 Å². The minimum absolute atomic E-state index is 0.110. The molecule has 0 aliphatic carbocycles. The van der Waals surface area contributed by atoms with E-state index in [0.717, 1.165) is 17.1 Å². The first kappa shape index (κ1) is 12.5. The monoisotopic (exact) mass is 251 g/mol. The lowest BCUT2D eigenvalue weighted by Gasteiger charge is -2.13. The van der Waals surface area contributed by atoms with Crippen molar-refractivity contribution in [2.45, 2.75) is 25.9 Å². The third-order valence-electron chi connectivity index (χ3n) is 2.76. The van der Waals surface area contributed by atoms with Crippen molar-refractivity contribution in [3.05, 3.63) is 23.8 Å². The quantitative estimate of drug-likeness (QED) is 0.315. The highest BCUT2D eigenvalue weighted by Crippen LogP contribution is 2.35. The molecule has 0 saturated heterocycles. The number of amidine groups is 1. The molecule has 1 atom stereocenters. The average Bonchev–Trinajstić information content (AvgIpc) is 2.84. The summed E-state index contributed by atoms with van der Waals surface area (Å²) in [6, 6.07) is 5.90. The standard InChI is InChI=1S/C12H17N3O3/c1-8(5-11(13)15-16)14-6-9-3-2-4-10-12(9)18-7-17-10/h2-4,8,14,16H,5-7H2,1H3,(H2,13,15). The van der Waals surface area contributed by atoms with Crippen LogP contribution in [0.5, 0.6) is 11.5 Å². The molecule has 1 aliphatic heterocycles. The predicted octanol–water partition coefficient (Wildman–Crippen LogP) is 1.03. The lowest BCUT2D eigenvalue weighted by atomic mass is 10.1. The molecule has 1 aromatic carbocycles. The van der Waals surface area contributed by atoms with Gasteiger partial charge in [-0.3, -0.25) is 0 Å². The fraction of sp³-hybridized carbons (Fsp3) is 0.417. The van der Waals surface area contributed by atoms with Gasteiger partial charge >= 0.3 is 0 Å². The van der Waals surface area contributed by atoms with Gasteiger partial charge in [0.05, 0.1) is 0 Å². The topological polar surface area (TPSA) is 89.1 Å². The maximum Gasteiger partial charge on any atom is 0.231 e. The van der Waals surface area contributed by atoms with Crippen LogP contribution in [0.3, 0.4) is 0 Å². The van der Waals surface area contributed by atoms with Crippen LogP contribution >= 0.6 is 0 Å². The maximum atomic E-state index is 8.49. The zero-order valence-electron chi connectivity index (χ0n) is 10.2. The number of ether oxygens (including phenoxy) is 2. The van der Waals surface area contributed by atoms with E-state index in [2.05, 4.69) is 10.5 Å².